The summed E-state index contributed by atoms with van der Waals surface area (Å²) in [6.45, 7) is 7.66. The number of piperidine rings is 1. The topological polar surface area (TPSA) is 41.0 Å². The molecule has 1 saturated heterocycles. The maximum absolute atomic E-state index is 4.24. The summed E-state index contributed by atoms with van der Waals surface area (Å²) in [5, 5.41) is 12.0. The summed E-state index contributed by atoms with van der Waals surface area (Å²) in [5.41, 5.74) is 1.52. The zero-order valence-corrected chi connectivity index (χ0v) is 14.1. The van der Waals surface area contributed by atoms with Gasteiger partial charge in [-0.3, -0.25) is 0 Å². The number of nitrogens with one attached hydrogen (secondary N) is 1. The highest BCUT2D eigenvalue weighted by Gasteiger charge is 2.25. The molecule has 4 nitrogen and oxygen atoms in total. The summed E-state index contributed by atoms with van der Waals surface area (Å²) in [4.78, 5) is 2.34. The van der Waals surface area contributed by atoms with Crippen LogP contribution in [-0.2, 0) is 5.41 Å². The van der Waals surface area contributed by atoms with Gasteiger partial charge in [0.15, 0.2) is 5.82 Å². The average Bonchev–Trinajstić information content (AvgIpc) is 2.62. The number of hydrogen-bond donors (Lipinski definition) is 1. The van der Waals surface area contributed by atoms with E-state index in [1.807, 2.05) is 12.1 Å². The lowest BCUT2D eigenvalue weighted by Crippen LogP contribution is -2.49. The molecule has 2 heterocycles. The van der Waals surface area contributed by atoms with Crippen molar-refractivity contribution in [3.63, 3.8) is 0 Å². The van der Waals surface area contributed by atoms with Crippen LogP contribution >= 0.6 is 0 Å². The Morgan fingerprint density at radius 1 is 1.17 bits per heavy atom. The Morgan fingerprint density at radius 2 is 2.00 bits per heavy atom. The second-order valence-corrected chi connectivity index (χ2v) is 7.00. The molecule has 0 amide bonds. The number of rotatable bonds is 5. The van der Waals surface area contributed by atoms with Gasteiger partial charge in [0.05, 0.1) is 0 Å². The molecule has 1 aromatic heterocycles. The van der Waals surface area contributed by atoms with Crippen LogP contribution in [0.3, 0.4) is 0 Å². The smallest absolute Gasteiger partial charge is 0.151 e. The maximum Gasteiger partial charge on any atom is 0.151 e. The number of hydrogen-bond acceptors (Lipinski definition) is 4. The normalized spacial score (nSPS) is 18.9. The molecule has 1 aromatic carbocycles. The van der Waals surface area contributed by atoms with Crippen molar-refractivity contribution in [1.29, 1.82) is 0 Å². The van der Waals surface area contributed by atoms with Crippen molar-refractivity contribution < 1.29 is 0 Å². The first-order valence-corrected chi connectivity index (χ1v) is 8.47. The summed E-state index contributed by atoms with van der Waals surface area (Å²) < 4.78 is 0. The molecule has 3 rings (SSSR count). The van der Waals surface area contributed by atoms with E-state index in [4.69, 9.17) is 0 Å². The van der Waals surface area contributed by atoms with Crippen LogP contribution in [0.1, 0.15) is 32.3 Å². The average molecular weight is 310 g/mol. The monoisotopic (exact) mass is 310 g/mol. The fraction of sp³-hybridized carbons (Fsp3) is 0.474. The Hall–Kier alpha value is -1.94. The molecule has 1 aliphatic heterocycles. The Kier molecular flexibility index (Phi) is 4.91. The number of aromatic nitrogens is 2. The lowest BCUT2D eigenvalue weighted by molar-refractivity contribution is 0.373. The van der Waals surface area contributed by atoms with Crippen LogP contribution < -0.4 is 10.2 Å². The zero-order valence-electron chi connectivity index (χ0n) is 14.1. The molecule has 2 aromatic rings. The molecule has 0 saturated carbocycles. The van der Waals surface area contributed by atoms with E-state index in [0.29, 0.717) is 6.04 Å². The zero-order chi connectivity index (χ0) is 16.1. The molecule has 1 N–H and O–H groups in total. The third-order valence-electron chi connectivity index (χ3n) is 4.69. The first-order valence-electron chi connectivity index (χ1n) is 8.47. The minimum Gasteiger partial charge on any atom is -0.354 e. The molecule has 23 heavy (non-hydrogen) atoms. The van der Waals surface area contributed by atoms with Crippen molar-refractivity contribution in [3.05, 3.63) is 54.2 Å². The SMILES string of the molecule is CC(C)(CNC1CCCN(c2cccnn2)C1)c1ccccc1. The van der Waals surface area contributed by atoms with Gasteiger partial charge in [-0.25, -0.2) is 0 Å². The molecule has 1 unspecified atom stereocenters. The predicted octanol–water partition coefficient (Wildman–Crippen LogP) is 3.01. The Morgan fingerprint density at radius 3 is 2.74 bits per heavy atom. The van der Waals surface area contributed by atoms with Gasteiger partial charge >= 0.3 is 0 Å². The molecule has 0 spiro atoms. The van der Waals surface area contributed by atoms with Gasteiger partial charge in [-0.05, 0) is 30.5 Å². The fourth-order valence-corrected chi connectivity index (χ4v) is 3.20. The highest BCUT2D eigenvalue weighted by Crippen LogP contribution is 2.23. The third-order valence-corrected chi connectivity index (χ3v) is 4.69. The van der Waals surface area contributed by atoms with Gasteiger partial charge in [0.2, 0.25) is 0 Å². The molecule has 1 fully saturated rings. The van der Waals surface area contributed by atoms with Gasteiger partial charge in [0.25, 0.3) is 0 Å². The lowest BCUT2D eigenvalue weighted by atomic mass is 9.84. The van der Waals surface area contributed by atoms with Crippen LogP contribution in [0.15, 0.2) is 48.7 Å². The van der Waals surface area contributed by atoms with Crippen LogP contribution in [0.5, 0.6) is 0 Å². The molecular formula is C19H26N4. The van der Waals surface area contributed by atoms with Crippen molar-refractivity contribution in [3.8, 4) is 0 Å². The van der Waals surface area contributed by atoms with Crippen molar-refractivity contribution in [2.24, 2.45) is 0 Å². The molecule has 0 radical (unpaired) electrons. The molecular weight excluding hydrogens is 284 g/mol. The van der Waals surface area contributed by atoms with Crippen LogP contribution in [0.2, 0.25) is 0 Å². The molecule has 122 valence electrons. The molecule has 0 bridgehead atoms. The van der Waals surface area contributed by atoms with Crippen molar-refractivity contribution >= 4 is 5.82 Å². The quantitative estimate of drug-likeness (QED) is 0.922. The van der Waals surface area contributed by atoms with Crippen LogP contribution in [0.4, 0.5) is 5.82 Å². The largest absolute Gasteiger partial charge is 0.354 e. The molecule has 1 aliphatic rings. The maximum atomic E-state index is 4.24. The van der Waals surface area contributed by atoms with Gasteiger partial charge in [0.1, 0.15) is 0 Å². The predicted molar refractivity (Wildman–Crippen MR) is 94.7 cm³/mol. The number of anilines is 1. The van der Waals surface area contributed by atoms with Gasteiger partial charge < -0.3 is 10.2 Å². The highest BCUT2D eigenvalue weighted by atomic mass is 15.3. The summed E-state index contributed by atoms with van der Waals surface area (Å²) in [7, 11) is 0. The standard InChI is InChI=1S/C19H26N4/c1-19(2,16-8-4-3-5-9-16)15-20-17-10-7-13-23(14-17)18-11-6-12-21-22-18/h3-6,8-9,11-12,17,20H,7,10,13-15H2,1-2H3. The molecule has 0 aliphatic carbocycles. The van der Waals surface area contributed by atoms with Crippen molar-refractivity contribution in [2.75, 3.05) is 24.5 Å². The highest BCUT2D eigenvalue weighted by molar-refractivity contribution is 5.37. The summed E-state index contributed by atoms with van der Waals surface area (Å²) >= 11 is 0. The van der Waals surface area contributed by atoms with E-state index in [1.165, 1.54) is 18.4 Å². The summed E-state index contributed by atoms with van der Waals surface area (Å²) in [6.07, 6.45) is 4.15. The minimum absolute atomic E-state index is 0.135. The first-order chi connectivity index (χ1) is 11.1. The lowest BCUT2D eigenvalue weighted by Gasteiger charge is -2.36. The van der Waals surface area contributed by atoms with Crippen LogP contribution in [0, 0.1) is 0 Å². The first kappa shape index (κ1) is 15.9. The molecule has 4 heteroatoms. The Labute approximate surface area is 138 Å². The van der Waals surface area contributed by atoms with E-state index in [1.54, 1.807) is 6.20 Å². The van der Waals surface area contributed by atoms with E-state index in [2.05, 4.69) is 64.6 Å². The van der Waals surface area contributed by atoms with E-state index in [-0.39, 0.29) is 5.41 Å². The van der Waals surface area contributed by atoms with E-state index < -0.39 is 0 Å². The van der Waals surface area contributed by atoms with Gasteiger partial charge in [-0.1, -0.05) is 44.2 Å². The van der Waals surface area contributed by atoms with E-state index in [9.17, 15) is 0 Å². The number of benzene rings is 1. The fourth-order valence-electron chi connectivity index (χ4n) is 3.20. The van der Waals surface area contributed by atoms with Gasteiger partial charge in [-0.2, -0.15) is 5.10 Å². The van der Waals surface area contributed by atoms with Gasteiger partial charge in [-0.15, -0.1) is 5.10 Å². The third kappa shape index (κ3) is 4.08. The van der Waals surface area contributed by atoms with Gasteiger partial charge in [0, 0.05) is 37.3 Å². The van der Waals surface area contributed by atoms with Crippen molar-refractivity contribution in [1.82, 2.24) is 15.5 Å². The van der Waals surface area contributed by atoms with Crippen LogP contribution in [0.25, 0.3) is 0 Å². The van der Waals surface area contributed by atoms with Crippen LogP contribution in [-0.4, -0.2) is 35.9 Å². The minimum atomic E-state index is 0.135. The summed E-state index contributed by atoms with van der Waals surface area (Å²) in [6, 6.07) is 15.3. The Bertz CT molecular complexity index is 597. The Balaban J connectivity index is 1.58. The van der Waals surface area contributed by atoms with Crippen molar-refractivity contribution in [2.45, 2.75) is 38.1 Å². The summed E-state index contributed by atoms with van der Waals surface area (Å²) in [5.74, 6) is 0.987. The second-order valence-electron chi connectivity index (χ2n) is 7.00. The van der Waals surface area contributed by atoms with E-state index in [0.717, 1.165) is 25.5 Å². The molecule has 1 atom stereocenters. The van der Waals surface area contributed by atoms with E-state index >= 15 is 0 Å². The number of nitrogens with zero attached hydrogens (tertiary/aromatic N) is 3. The second kappa shape index (κ2) is 7.09.